The topological polar surface area (TPSA) is 97.1 Å². The Labute approximate surface area is 190 Å². The molecule has 11 heteroatoms. The Kier molecular flexibility index (Phi) is 4.01. The largest absolute Gasteiger partial charge is 0.393 e. The number of fused-ring (bicyclic) bond motifs is 1. The minimum Gasteiger partial charge on any atom is -0.393 e. The van der Waals surface area contributed by atoms with E-state index in [0.717, 1.165) is 0 Å². The zero-order valence-corrected chi connectivity index (χ0v) is 16.6. The van der Waals surface area contributed by atoms with Crippen molar-refractivity contribution in [2.24, 2.45) is 0 Å². The van der Waals surface area contributed by atoms with Crippen molar-refractivity contribution in [1.82, 2.24) is 19.5 Å². The Bertz CT molecular complexity index is 1370. The Morgan fingerprint density at radius 2 is 2.00 bits per heavy atom. The van der Waals surface area contributed by atoms with Gasteiger partial charge in [0.1, 0.15) is 17.0 Å². The second kappa shape index (κ2) is 8.55. The maximum atomic E-state index is 14.4. The van der Waals surface area contributed by atoms with Crippen molar-refractivity contribution in [1.29, 1.82) is 0 Å². The fourth-order valence-electron chi connectivity index (χ4n) is 3.57. The number of halogens is 3. The summed E-state index contributed by atoms with van der Waals surface area (Å²) < 4.78 is 98.3. The lowest BCUT2D eigenvalue weighted by Crippen LogP contribution is -2.29. The lowest BCUT2D eigenvalue weighted by Gasteiger charge is -2.26. The molecule has 0 radical (unpaired) electrons. The van der Waals surface area contributed by atoms with Crippen LogP contribution in [0.5, 0.6) is 0 Å². The summed E-state index contributed by atoms with van der Waals surface area (Å²) in [6, 6.07) is -1.87. The van der Waals surface area contributed by atoms with Crippen molar-refractivity contribution < 1.29 is 31.2 Å². The highest BCUT2D eigenvalue weighted by Crippen LogP contribution is 2.32. The van der Waals surface area contributed by atoms with Gasteiger partial charge in [-0.15, -0.1) is 0 Å². The van der Waals surface area contributed by atoms with Gasteiger partial charge >= 0.3 is 0 Å². The maximum Gasteiger partial charge on any atom is 0.224 e. The van der Waals surface area contributed by atoms with Crippen molar-refractivity contribution in [3.05, 3.63) is 35.8 Å². The molecule has 0 bridgehead atoms. The molecule has 3 N–H and O–H groups in total. The second-order valence-electron chi connectivity index (χ2n) is 7.31. The van der Waals surface area contributed by atoms with Crippen LogP contribution in [0.1, 0.15) is 46.3 Å². The molecule has 2 aliphatic rings. The van der Waals surface area contributed by atoms with Crippen LogP contribution in [0.3, 0.4) is 0 Å². The van der Waals surface area contributed by atoms with Crippen LogP contribution in [0.4, 0.5) is 30.8 Å². The third-order valence-electron chi connectivity index (χ3n) is 5.10. The quantitative estimate of drug-likeness (QED) is 0.541. The molecule has 1 aliphatic carbocycles. The van der Waals surface area contributed by atoms with E-state index in [1.165, 1.54) is 10.8 Å². The van der Waals surface area contributed by atoms with E-state index in [-0.39, 0.29) is 35.7 Å². The van der Waals surface area contributed by atoms with Crippen LogP contribution >= 0.6 is 0 Å². The van der Waals surface area contributed by atoms with Gasteiger partial charge in [0.05, 0.1) is 27.7 Å². The van der Waals surface area contributed by atoms with Crippen LogP contribution in [0.25, 0.3) is 11.2 Å². The van der Waals surface area contributed by atoms with Crippen molar-refractivity contribution in [3.63, 3.8) is 0 Å². The third kappa shape index (κ3) is 4.09. The highest BCUT2D eigenvalue weighted by Gasteiger charge is 2.27. The monoisotopic (exact) mass is 454 g/mol. The number of hydrogen-bond acceptors (Lipinski definition) is 7. The summed E-state index contributed by atoms with van der Waals surface area (Å²) in [5, 5.41) is 15.1. The van der Waals surface area contributed by atoms with Crippen molar-refractivity contribution in [2.45, 2.75) is 50.1 Å². The van der Waals surface area contributed by atoms with E-state index in [4.69, 9.17) is 13.0 Å². The van der Waals surface area contributed by atoms with Crippen molar-refractivity contribution in [3.8, 4) is 0 Å². The van der Waals surface area contributed by atoms with Gasteiger partial charge in [0.15, 0.2) is 17.3 Å². The molecule has 0 amide bonds. The average Bonchev–Trinajstić information content (AvgIpc) is 3.46. The van der Waals surface area contributed by atoms with Gasteiger partial charge in [0, 0.05) is 30.2 Å². The first-order valence-electron chi connectivity index (χ1n) is 13.0. The fraction of sp³-hybridized carbons (Fsp3) is 0.476. The molecule has 1 saturated carbocycles. The van der Waals surface area contributed by atoms with Gasteiger partial charge in [0.25, 0.3) is 0 Å². The minimum atomic E-state index is -2.63. The molecule has 2 fully saturated rings. The van der Waals surface area contributed by atoms with Gasteiger partial charge in [-0.05, 0) is 32.0 Å². The smallest absolute Gasteiger partial charge is 0.224 e. The summed E-state index contributed by atoms with van der Waals surface area (Å²) in [6.07, 6.45) is -8.11. The van der Waals surface area contributed by atoms with Crippen LogP contribution in [0, 0.1) is 17.5 Å². The average molecular weight is 454 g/mol. The molecule has 170 valence electrons. The van der Waals surface area contributed by atoms with E-state index >= 15 is 0 Å². The molecular weight excluding hydrogens is 425 g/mol. The van der Waals surface area contributed by atoms with Gasteiger partial charge in [-0.25, -0.2) is 23.1 Å². The zero-order chi connectivity index (χ0) is 27.6. The number of aliphatic hydroxyl groups is 1. The number of imidazole rings is 1. The third-order valence-corrected chi connectivity index (χ3v) is 5.10. The van der Waals surface area contributed by atoms with E-state index in [2.05, 4.69) is 25.6 Å². The summed E-state index contributed by atoms with van der Waals surface area (Å²) in [4.78, 5) is 12.7. The SMILES string of the molecule is [2H]C1C([2H])C([2H])(Nc2ncc3nc(Nc4c(F)cc(F)cc4F)n(C4CCOC4)c3n2)C([2H])([2H])CC1([2H])O. The first kappa shape index (κ1) is 15.0. The molecule has 1 aromatic carbocycles. The number of benzene rings is 1. The van der Waals surface area contributed by atoms with E-state index in [0.29, 0.717) is 25.2 Å². The van der Waals surface area contributed by atoms with Gasteiger partial charge < -0.3 is 20.5 Å². The van der Waals surface area contributed by atoms with E-state index < -0.39 is 60.8 Å². The van der Waals surface area contributed by atoms with Crippen LogP contribution < -0.4 is 10.6 Å². The predicted octanol–water partition coefficient (Wildman–Crippen LogP) is 3.66. The zero-order valence-electron chi connectivity index (χ0n) is 22.6. The minimum absolute atomic E-state index is 0.0520. The van der Waals surface area contributed by atoms with Crippen LogP contribution in [0.15, 0.2) is 18.3 Å². The molecule has 1 aliphatic heterocycles. The van der Waals surface area contributed by atoms with Crippen LogP contribution in [-0.2, 0) is 4.74 Å². The summed E-state index contributed by atoms with van der Waals surface area (Å²) >= 11 is 0. The fourth-order valence-corrected chi connectivity index (χ4v) is 3.57. The summed E-state index contributed by atoms with van der Waals surface area (Å²) in [5.41, 5.74) is -0.348. The van der Waals surface area contributed by atoms with Crippen LogP contribution in [-0.4, -0.2) is 49.9 Å². The number of ether oxygens (including phenoxy) is 1. The number of aromatic nitrogens is 4. The molecule has 0 spiro atoms. The maximum absolute atomic E-state index is 14.4. The first-order chi connectivity index (χ1) is 17.7. The molecule has 5 atom stereocenters. The summed E-state index contributed by atoms with van der Waals surface area (Å²) in [5.74, 6) is -3.82. The molecule has 3 aromatic rings. The number of nitrogens with zero attached hydrogens (tertiary/aromatic N) is 4. The van der Waals surface area contributed by atoms with Gasteiger partial charge in [0.2, 0.25) is 11.9 Å². The van der Waals surface area contributed by atoms with E-state index in [1.54, 1.807) is 0 Å². The van der Waals surface area contributed by atoms with E-state index in [9.17, 15) is 18.3 Å². The Hall–Kier alpha value is -2.92. The molecular formula is C21H23F3N6O2. The highest BCUT2D eigenvalue weighted by molar-refractivity contribution is 5.76. The molecule has 1 saturated heterocycles. The molecule has 5 unspecified atom stereocenters. The molecule has 32 heavy (non-hydrogen) atoms. The molecule has 3 heterocycles. The lowest BCUT2D eigenvalue weighted by atomic mass is 9.93. The van der Waals surface area contributed by atoms with Crippen LogP contribution in [0.2, 0.25) is 0 Å². The highest BCUT2D eigenvalue weighted by atomic mass is 19.1. The van der Waals surface area contributed by atoms with Gasteiger partial charge in [-0.3, -0.25) is 4.57 Å². The van der Waals surface area contributed by atoms with Crippen molar-refractivity contribution in [2.75, 3.05) is 23.8 Å². The number of anilines is 3. The molecule has 8 nitrogen and oxygen atoms in total. The second-order valence-corrected chi connectivity index (χ2v) is 7.31. The molecule has 5 rings (SSSR count). The molecule has 2 aromatic heterocycles. The van der Waals surface area contributed by atoms with Crippen molar-refractivity contribution >= 4 is 28.7 Å². The normalized spacial score (nSPS) is 37.1. The predicted molar refractivity (Wildman–Crippen MR) is 111 cm³/mol. The Balaban J connectivity index is 1.57. The Morgan fingerprint density at radius 1 is 1.19 bits per heavy atom. The number of hydrogen-bond donors (Lipinski definition) is 3. The number of rotatable bonds is 5. The van der Waals surface area contributed by atoms with Gasteiger partial charge in [-0.2, -0.15) is 4.98 Å². The Morgan fingerprint density at radius 3 is 2.75 bits per heavy atom. The van der Waals surface area contributed by atoms with Gasteiger partial charge in [-0.1, -0.05) is 0 Å². The summed E-state index contributed by atoms with van der Waals surface area (Å²) in [7, 11) is 0. The van der Waals surface area contributed by atoms with E-state index in [1.807, 2.05) is 0 Å². The standard InChI is InChI=1S/C21H23F3N6O2/c22-11-7-15(23)18(16(24)8-11)28-21-27-17-9-25-20(26-12-1-3-14(31)4-2-12)29-19(17)30(21)13-5-6-32-10-13/h7-9,12-14,31H,1-6,10H2,(H,27,28)(H,25,26,29)/i1D,2D2,3D,12D,14D. The summed E-state index contributed by atoms with van der Waals surface area (Å²) in [6.45, 7) is 0.598. The first-order valence-corrected chi connectivity index (χ1v) is 9.83. The number of nitrogens with one attached hydrogen (secondary N) is 2. The lowest BCUT2D eigenvalue weighted by molar-refractivity contribution is 0.126.